The maximum Gasteiger partial charge on any atom is 0.120 e. The van der Waals surface area contributed by atoms with E-state index in [-0.39, 0.29) is 12.6 Å². The first-order valence-electron chi connectivity index (χ1n) is 12.9. The average molecular weight is 535 g/mol. The summed E-state index contributed by atoms with van der Waals surface area (Å²) in [6.45, 7) is 8.87. The molecule has 1 aliphatic heterocycles. The van der Waals surface area contributed by atoms with Crippen molar-refractivity contribution in [3.8, 4) is 11.8 Å². The molecule has 200 valence electrons. The van der Waals surface area contributed by atoms with E-state index in [0.717, 1.165) is 11.3 Å². The van der Waals surface area contributed by atoms with Gasteiger partial charge in [0.1, 0.15) is 17.4 Å². The van der Waals surface area contributed by atoms with Crippen molar-refractivity contribution in [3.05, 3.63) is 88.2 Å². The second-order valence-electron chi connectivity index (χ2n) is 10.5. The van der Waals surface area contributed by atoms with E-state index >= 15 is 0 Å². The molecule has 0 unspecified atom stereocenters. The zero-order valence-corrected chi connectivity index (χ0v) is 22.9. The lowest BCUT2D eigenvalue weighted by Crippen LogP contribution is -2.52. The molecule has 8 heteroatoms. The summed E-state index contributed by atoms with van der Waals surface area (Å²) in [5.74, 6) is 1.08. The molecule has 7 nitrogen and oxygen atoms in total. The summed E-state index contributed by atoms with van der Waals surface area (Å²) in [5.41, 5.74) is 2.65. The topological polar surface area (TPSA) is 92.8 Å². The molecule has 0 bridgehead atoms. The molecule has 0 radical (unpaired) electrons. The maximum absolute atomic E-state index is 11.3. The Bertz CT molecular complexity index is 1260. The molecule has 2 heterocycles. The van der Waals surface area contributed by atoms with Crippen LogP contribution in [0.15, 0.2) is 60.8 Å². The number of hydrogen-bond donors (Lipinski definition) is 2. The number of nitrogens with zero attached hydrogens (tertiary/aromatic N) is 4. The van der Waals surface area contributed by atoms with Crippen LogP contribution < -0.4 is 9.64 Å². The smallest absolute Gasteiger partial charge is 0.120 e. The van der Waals surface area contributed by atoms with E-state index in [2.05, 4.69) is 34.7 Å². The number of anilines is 1. The highest BCUT2D eigenvalue weighted by Crippen LogP contribution is 2.36. The number of nitriles is 1. The lowest BCUT2D eigenvalue weighted by molar-refractivity contribution is 0.00996. The Morgan fingerprint density at radius 2 is 1.92 bits per heavy atom. The standard InChI is InChI=1S/C30H35ClN4O3/c1-21(2)19-38-27-10-11-28(23(14-27)15-32)35-13-12-34(17-29(35)22-4-7-25(31)8-5-22)20-30(3,37)24-6-9-26(18-36)33-16-24/h4-11,14,16,21,29,36-37H,12-13,17-20H2,1-3H3/t29-,30+/m0/s1. The second kappa shape index (κ2) is 12.1. The number of rotatable bonds is 9. The first-order valence-corrected chi connectivity index (χ1v) is 13.3. The summed E-state index contributed by atoms with van der Waals surface area (Å²) < 4.78 is 5.87. The predicted molar refractivity (Wildman–Crippen MR) is 149 cm³/mol. The third-order valence-electron chi connectivity index (χ3n) is 6.84. The number of hydrogen-bond acceptors (Lipinski definition) is 7. The minimum Gasteiger partial charge on any atom is -0.493 e. The number of ether oxygens (including phenoxy) is 1. The van der Waals surface area contributed by atoms with E-state index in [1.165, 1.54) is 0 Å². The van der Waals surface area contributed by atoms with Crippen molar-refractivity contribution in [3.63, 3.8) is 0 Å². The Morgan fingerprint density at radius 3 is 2.55 bits per heavy atom. The third-order valence-corrected chi connectivity index (χ3v) is 7.09. The highest BCUT2D eigenvalue weighted by Gasteiger charge is 2.34. The Kier molecular flexibility index (Phi) is 8.91. The zero-order valence-electron chi connectivity index (χ0n) is 22.1. The predicted octanol–water partition coefficient (Wildman–Crippen LogP) is 4.90. The van der Waals surface area contributed by atoms with E-state index in [0.29, 0.717) is 66.3 Å². The monoisotopic (exact) mass is 534 g/mol. The first kappa shape index (κ1) is 27.9. The molecule has 2 atom stereocenters. The van der Waals surface area contributed by atoms with Crippen molar-refractivity contribution < 1.29 is 14.9 Å². The quantitative estimate of drug-likeness (QED) is 0.403. The molecular formula is C30H35ClN4O3. The Hall–Kier alpha value is -3.15. The molecule has 1 fully saturated rings. The minimum absolute atomic E-state index is 0.0544. The van der Waals surface area contributed by atoms with E-state index in [1.807, 2.05) is 48.5 Å². The number of aromatic nitrogens is 1. The molecular weight excluding hydrogens is 500 g/mol. The Balaban J connectivity index is 1.60. The largest absolute Gasteiger partial charge is 0.493 e. The molecule has 1 aliphatic rings. The van der Waals surface area contributed by atoms with Gasteiger partial charge in [-0.25, -0.2) is 0 Å². The molecule has 1 aromatic heterocycles. The molecule has 38 heavy (non-hydrogen) atoms. The van der Waals surface area contributed by atoms with Gasteiger partial charge in [-0.3, -0.25) is 9.88 Å². The Morgan fingerprint density at radius 1 is 1.16 bits per heavy atom. The third kappa shape index (κ3) is 6.64. The van der Waals surface area contributed by atoms with Gasteiger partial charge >= 0.3 is 0 Å². The summed E-state index contributed by atoms with van der Waals surface area (Å²) in [5, 5.41) is 31.3. The van der Waals surface area contributed by atoms with Crippen molar-refractivity contribution in [1.29, 1.82) is 5.26 Å². The van der Waals surface area contributed by atoms with Crippen LogP contribution in [0.25, 0.3) is 0 Å². The number of aliphatic hydroxyl groups is 2. The van der Waals surface area contributed by atoms with E-state index in [9.17, 15) is 15.5 Å². The fraction of sp³-hybridized carbons (Fsp3) is 0.400. The molecule has 1 saturated heterocycles. The first-order chi connectivity index (χ1) is 18.2. The van der Waals surface area contributed by atoms with Gasteiger partial charge in [-0.05, 0) is 54.8 Å². The van der Waals surface area contributed by atoms with E-state index in [1.54, 1.807) is 19.2 Å². The van der Waals surface area contributed by atoms with Gasteiger partial charge in [-0.2, -0.15) is 5.26 Å². The molecule has 4 rings (SSSR count). The summed E-state index contributed by atoms with van der Waals surface area (Å²) in [4.78, 5) is 8.74. The summed E-state index contributed by atoms with van der Waals surface area (Å²) >= 11 is 6.19. The van der Waals surface area contributed by atoms with Gasteiger partial charge < -0.3 is 19.8 Å². The van der Waals surface area contributed by atoms with Crippen LogP contribution in [0.2, 0.25) is 5.02 Å². The van der Waals surface area contributed by atoms with Crippen LogP contribution in [0.1, 0.15) is 49.2 Å². The van der Waals surface area contributed by atoms with Gasteiger partial charge in [-0.15, -0.1) is 0 Å². The highest BCUT2D eigenvalue weighted by molar-refractivity contribution is 6.30. The second-order valence-corrected chi connectivity index (χ2v) is 10.9. The van der Waals surface area contributed by atoms with Gasteiger partial charge in [-0.1, -0.05) is 43.6 Å². The molecule has 3 aromatic rings. The maximum atomic E-state index is 11.3. The van der Waals surface area contributed by atoms with Crippen molar-refractivity contribution in [2.75, 3.05) is 37.7 Å². The van der Waals surface area contributed by atoms with Gasteiger partial charge in [0.25, 0.3) is 0 Å². The molecule has 0 amide bonds. The number of halogens is 1. The SMILES string of the molecule is CC(C)COc1ccc(N2CCN(C[C@@](C)(O)c3ccc(CO)nc3)C[C@H]2c2ccc(Cl)cc2)c(C#N)c1. The highest BCUT2D eigenvalue weighted by atomic mass is 35.5. The lowest BCUT2D eigenvalue weighted by Gasteiger charge is -2.45. The van der Waals surface area contributed by atoms with Crippen LogP contribution in [-0.2, 0) is 12.2 Å². The van der Waals surface area contributed by atoms with Crippen LogP contribution in [0.3, 0.4) is 0 Å². The van der Waals surface area contributed by atoms with Crippen LogP contribution in [-0.4, -0.2) is 52.9 Å². The fourth-order valence-corrected chi connectivity index (χ4v) is 4.94. The van der Waals surface area contributed by atoms with Crippen LogP contribution in [0.4, 0.5) is 5.69 Å². The summed E-state index contributed by atoms with van der Waals surface area (Å²) in [6, 6.07) is 19.4. The molecule has 0 saturated carbocycles. The summed E-state index contributed by atoms with van der Waals surface area (Å²) in [7, 11) is 0. The van der Waals surface area contributed by atoms with Crippen molar-refractivity contribution in [2.24, 2.45) is 5.92 Å². The van der Waals surface area contributed by atoms with Crippen molar-refractivity contribution in [1.82, 2.24) is 9.88 Å². The Labute approximate surface area is 229 Å². The molecule has 0 spiro atoms. The number of β-amino-alcohol motifs (C(OH)–C–C–N with tert-alkyl or cyclic N) is 1. The number of pyridine rings is 1. The van der Waals surface area contributed by atoms with Crippen molar-refractivity contribution >= 4 is 17.3 Å². The van der Waals surface area contributed by atoms with Crippen LogP contribution in [0.5, 0.6) is 5.75 Å². The zero-order chi connectivity index (χ0) is 27.3. The average Bonchev–Trinajstić information content (AvgIpc) is 2.92. The van der Waals surface area contributed by atoms with Crippen molar-refractivity contribution in [2.45, 2.75) is 39.0 Å². The lowest BCUT2D eigenvalue weighted by atomic mass is 9.94. The van der Waals surface area contributed by atoms with E-state index < -0.39 is 5.60 Å². The normalized spacial score (nSPS) is 17.7. The van der Waals surface area contributed by atoms with E-state index in [4.69, 9.17) is 16.3 Å². The molecule has 2 N–H and O–H groups in total. The minimum atomic E-state index is -1.12. The molecule has 0 aliphatic carbocycles. The van der Waals surface area contributed by atoms with Gasteiger partial charge in [0.2, 0.25) is 0 Å². The van der Waals surface area contributed by atoms with Gasteiger partial charge in [0, 0.05) is 43.0 Å². The van der Waals surface area contributed by atoms with Crippen LogP contribution >= 0.6 is 11.6 Å². The van der Waals surface area contributed by atoms with Crippen LogP contribution in [0, 0.1) is 17.2 Å². The number of aliphatic hydroxyl groups excluding tert-OH is 1. The molecule has 2 aromatic carbocycles. The number of benzene rings is 2. The van der Waals surface area contributed by atoms with Gasteiger partial charge in [0.15, 0.2) is 0 Å². The fourth-order valence-electron chi connectivity index (χ4n) is 4.81. The van der Waals surface area contributed by atoms with Gasteiger partial charge in [0.05, 0.1) is 36.2 Å². The number of piperazine rings is 1. The summed E-state index contributed by atoms with van der Waals surface area (Å²) in [6.07, 6.45) is 1.63.